The van der Waals surface area contributed by atoms with Gasteiger partial charge in [0.05, 0.1) is 19.6 Å². The number of ether oxygens (including phenoxy) is 2. The molecule has 2 heteroatoms. The zero-order valence-corrected chi connectivity index (χ0v) is 26.9. The molecule has 0 bridgehead atoms. The highest BCUT2D eigenvalue weighted by atomic mass is 16.5. The van der Waals surface area contributed by atoms with Crippen LogP contribution in [0.5, 0.6) is 11.5 Å². The zero-order chi connectivity index (χ0) is 30.6. The first-order valence-electron chi connectivity index (χ1n) is 15.4. The van der Waals surface area contributed by atoms with Crippen LogP contribution in [0.25, 0.3) is 11.1 Å². The normalized spacial score (nSPS) is 14.6. The summed E-state index contributed by atoms with van der Waals surface area (Å²) < 4.78 is 11.2. The summed E-state index contributed by atoms with van der Waals surface area (Å²) in [7, 11) is 3.47. The highest BCUT2D eigenvalue weighted by molar-refractivity contribution is 5.81. The van der Waals surface area contributed by atoms with E-state index in [1.807, 2.05) is 0 Å². The Morgan fingerprint density at radius 1 is 0.558 bits per heavy atom. The Balaban J connectivity index is 1.73. The predicted octanol–water partition coefficient (Wildman–Crippen LogP) is 9.95. The highest BCUT2D eigenvalue weighted by Gasteiger charge is 2.45. The van der Waals surface area contributed by atoms with Crippen LogP contribution >= 0.6 is 0 Å². The number of fused-ring (bicyclic) bond motifs is 3. The number of benzene rings is 4. The minimum atomic E-state index is -0.470. The van der Waals surface area contributed by atoms with E-state index >= 15 is 0 Å². The number of methoxy groups -OCH3 is 2. The third-order valence-corrected chi connectivity index (χ3v) is 9.51. The molecule has 0 unspecified atom stereocenters. The van der Waals surface area contributed by atoms with Gasteiger partial charge in [-0.3, -0.25) is 0 Å². The molecule has 0 N–H and O–H groups in total. The first kappa shape index (κ1) is 29.1. The van der Waals surface area contributed by atoms with Crippen LogP contribution in [-0.4, -0.2) is 14.2 Å². The number of rotatable bonds is 6. The van der Waals surface area contributed by atoms with Crippen molar-refractivity contribution in [2.75, 3.05) is 14.2 Å². The molecule has 6 rings (SSSR count). The molecule has 0 atom stereocenters. The van der Waals surface area contributed by atoms with Gasteiger partial charge in [-0.05, 0) is 91.6 Å². The molecule has 0 fully saturated rings. The van der Waals surface area contributed by atoms with E-state index in [4.69, 9.17) is 9.47 Å². The molecular weight excluding hydrogens is 524 g/mol. The van der Waals surface area contributed by atoms with Gasteiger partial charge in [0.2, 0.25) is 0 Å². The van der Waals surface area contributed by atoms with E-state index in [9.17, 15) is 0 Å². The second-order valence-electron chi connectivity index (χ2n) is 14.2. The SMILES string of the molecule is COc1ccc(C(c2ccc(OC)cc2)(c2cc(C(C)(C)C)cc3c2Cc2ccc(C(C)(C)C)cc2-3)C2C=CC=C2)cc1. The molecule has 2 aliphatic rings. The average molecular weight is 569 g/mol. The van der Waals surface area contributed by atoms with Gasteiger partial charge in [-0.1, -0.05) is 120 Å². The second-order valence-corrected chi connectivity index (χ2v) is 14.2. The van der Waals surface area contributed by atoms with Crippen molar-refractivity contribution in [3.05, 3.63) is 142 Å². The van der Waals surface area contributed by atoms with Gasteiger partial charge in [-0.15, -0.1) is 0 Å². The molecule has 0 saturated carbocycles. The third kappa shape index (κ3) is 4.91. The van der Waals surface area contributed by atoms with Crippen LogP contribution < -0.4 is 9.47 Å². The number of hydrogen-bond donors (Lipinski definition) is 0. The average Bonchev–Trinajstić information content (AvgIpc) is 3.66. The molecule has 0 amide bonds. The predicted molar refractivity (Wildman–Crippen MR) is 180 cm³/mol. The first-order chi connectivity index (χ1) is 20.5. The maximum Gasteiger partial charge on any atom is 0.118 e. The van der Waals surface area contributed by atoms with Crippen molar-refractivity contribution >= 4 is 0 Å². The summed E-state index contributed by atoms with van der Waals surface area (Å²) in [5.41, 5.74) is 11.8. The molecule has 2 aliphatic carbocycles. The Morgan fingerprint density at radius 3 is 1.53 bits per heavy atom. The molecule has 0 aliphatic heterocycles. The van der Waals surface area contributed by atoms with Crippen molar-refractivity contribution in [3.63, 3.8) is 0 Å². The second kappa shape index (κ2) is 10.6. The van der Waals surface area contributed by atoms with E-state index in [0.29, 0.717) is 0 Å². The van der Waals surface area contributed by atoms with Crippen LogP contribution in [0.2, 0.25) is 0 Å². The van der Waals surface area contributed by atoms with Crippen molar-refractivity contribution < 1.29 is 9.47 Å². The molecule has 4 aromatic carbocycles. The fraction of sp³-hybridized carbons (Fsp3) is 0.317. The third-order valence-electron chi connectivity index (χ3n) is 9.51. The Kier molecular flexibility index (Phi) is 7.16. The summed E-state index contributed by atoms with van der Waals surface area (Å²) >= 11 is 0. The van der Waals surface area contributed by atoms with E-state index in [1.165, 1.54) is 50.1 Å². The summed E-state index contributed by atoms with van der Waals surface area (Å²) in [6.45, 7) is 13.9. The van der Waals surface area contributed by atoms with Gasteiger partial charge >= 0.3 is 0 Å². The monoisotopic (exact) mass is 568 g/mol. The molecular formula is C41H44O2. The molecule has 43 heavy (non-hydrogen) atoms. The molecule has 0 radical (unpaired) electrons. The molecule has 0 saturated heterocycles. The smallest absolute Gasteiger partial charge is 0.118 e. The van der Waals surface area contributed by atoms with Crippen LogP contribution in [0, 0.1) is 5.92 Å². The first-order valence-corrected chi connectivity index (χ1v) is 15.4. The largest absolute Gasteiger partial charge is 0.497 e. The summed E-state index contributed by atoms with van der Waals surface area (Å²) in [6, 6.07) is 29.6. The van der Waals surface area contributed by atoms with E-state index in [2.05, 4.69) is 145 Å². The van der Waals surface area contributed by atoms with Crippen molar-refractivity contribution in [1.82, 2.24) is 0 Å². The lowest BCUT2D eigenvalue weighted by Crippen LogP contribution is -2.37. The topological polar surface area (TPSA) is 18.5 Å². The van der Waals surface area contributed by atoms with Crippen LogP contribution in [0.1, 0.15) is 80.5 Å². The van der Waals surface area contributed by atoms with Crippen LogP contribution in [0.4, 0.5) is 0 Å². The number of allylic oxidation sites excluding steroid dienone is 4. The van der Waals surface area contributed by atoms with Gasteiger partial charge in [-0.2, -0.15) is 0 Å². The minimum Gasteiger partial charge on any atom is -0.497 e. The summed E-state index contributed by atoms with van der Waals surface area (Å²) in [6.07, 6.45) is 10.0. The van der Waals surface area contributed by atoms with Crippen LogP contribution in [-0.2, 0) is 22.7 Å². The fourth-order valence-electron chi connectivity index (χ4n) is 7.00. The van der Waals surface area contributed by atoms with Crippen molar-refractivity contribution in [2.45, 2.75) is 64.2 Å². The summed E-state index contributed by atoms with van der Waals surface area (Å²) in [5, 5.41) is 0. The molecule has 2 nitrogen and oxygen atoms in total. The van der Waals surface area contributed by atoms with Gasteiger partial charge in [0.1, 0.15) is 11.5 Å². The molecule has 0 spiro atoms. The van der Waals surface area contributed by atoms with Gasteiger partial charge < -0.3 is 9.47 Å². The quantitative estimate of drug-likeness (QED) is 0.190. The van der Waals surface area contributed by atoms with Crippen molar-refractivity contribution in [3.8, 4) is 22.6 Å². The summed E-state index contributed by atoms with van der Waals surface area (Å²) in [5.74, 6) is 1.85. The molecule has 4 aromatic rings. The van der Waals surface area contributed by atoms with E-state index in [0.717, 1.165) is 17.9 Å². The van der Waals surface area contributed by atoms with Crippen LogP contribution in [0.3, 0.4) is 0 Å². The highest BCUT2D eigenvalue weighted by Crippen LogP contribution is 2.54. The lowest BCUT2D eigenvalue weighted by Gasteiger charge is -2.42. The van der Waals surface area contributed by atoms with Gasteiger partial charge in [0.25, 0.3) is 0 Å². The van der Waals surface area contributed by atoms with E-state index < -0.39 is 5.41 Å². The Bertz CT molecular complexity index is 1640. The lowest BCUT2D eigenvalue weighted by atomic mass is 9.60. The van der Waals surface area contributed by atoms with E-state index in [1.54, 1.807) is 14.2 Å². The number of hydrogen-bond acceptors (Lipinski definition) is 2. The van der Waals surface area contributed by atoms with Gasteiger partial charge in [0, 0.05) is 5.92 Å². The Labute approximate surface area is 258 Å². The Morgan fingerprint density at radius 2 is 1.05 bits per heavy atom. The van der Waals surface area contributed by atoms with Crippen molar-refractivity contribution in [2.24, 2.45) is 5.92 Å². The standard InChI is InChI=1S/C41H44O2/c1-39(2,3)31-14-13-27-23-37-36(35(27)24-31)25-32(40(4,5)6)26-38(37)41(28-11-9-10-12-28,29-15-19-33(42-7)20-16-29)30-17-21-34(43-8)22-18-30/h9-22,24-26,28H,23H2,1-8H3. The maximum absolute atomic E-state index is 5.62. The Hall–Kier alpha value is -4.04. The molecule has 0 aromatic heterocycles. The maximum atomic E-state index is 5.62. The van der Waals surface area contributed by atoms with Crippen molar-refractivity contribution in [1.29, 1.82) is 0 Å². The fourth-order valence-corrected chi connectivity index (χ4v) is 7.00. The zero-order valence-electron chi connectivity index (χ0n) is 26.9. The van der Waals surface area contributed by atoms with Crippen LogP contribution in [0.15, 0.2) is 103 Å². The van der Waals surface area contributed by atoms with Gasteiger partial charge in [0.15, 0.2) is 0 Å². The van der Waals surface area contributed by atoms with E-state index in [-0.39, 0.29) is 16.7 Å². The molecule has 220 valence electrons. The molecule has 0 heterocycles. The minimum absolute atomic E-state index is 0.0267. The van der Waals surface area contributed by atoms with Gasteiger partial charge in [-0.25, -0.2) is 0 Å². The summed E-state index contributed by atoms with van der Waals surface area (Å²) in [4.78, 5) is 0. The lowest BCUT2D eigenvalue weighted by molar-refractivity contribution is 0.413.